The third-order valence-corrected chi connectivity index (χ3v) is 5.72. The van der Waals surface area contributed by atoms with Gasteiger partial charge in [0, 0.05) is 38.1 Å². The van der Waals surface area contributed by atoms with Gasteiger partial charge in [0.2, 0.25) is 0 Å². The van der Waals surface area contributed by atoms with Crippen molar-refractivity contribution >= 4 is 29.0 Å². The molecule has 0 saturated carbocycles. The van der Waals surface area contributed by atoms with Gasteiger partial charge in [0.25, 0.3) is 0 Å². The molecule has 1 N–H and O–H groups in total. The topological polar surface area (TPSA) is 35.6 Å². The maximum atomic E-state index is 12.1. The fourth-order valence-electron chi connectivity index (χ4n) is 3.12. The predicted octanol–water partition coefficient (Wildman–Crippen LogP) is 3.99. The van der Waals surface area contributed by atoms with Gasteiger partial charge in [-0.2, -0.15) is 0 Å². The number of carbonyl (C=O) groups excluding carboxylic acids is 1. The van der Waals surface area contributed by atoms with E-state index in [1.807, 2.05) is 19.2 Å². The number of hydrogen-bond acceptors (Lipinski definition) is 3. The number of nitrogens with zero attached hydrogens (tertiary/aromatic N) is 2. The zero-order chi connectivity index (χ0) is 17.6. The van der Waals surface area contributed by atoms with E-state index in [1.54, 1.807) is 4.90 Å². The SMILES string of the molecule is CN(Cc1ccc(Cl)s1)C(=O)NCCCN1CCc2ccccc2C1. The first-order valence-corrected chi connectivity index (χ1v) is 9.83. The van der Waals surface area contributed by atoms with E-state index in [1.165, 1.54) is 22.5 Å². The lowest BCUT2D eigenvalue weighted by Gasteiger charge is -2.28. The van der Waals surface area contributed by atoms with E-state index < -0.39 is 0 Å². The Balaban J connectivity index is 1.35. The predicted molar refractivity (Wildman–Crippen MR) is 104 cm³/mol. The standard InChI is InChI=1S/C19H24ClN3OS/c1-22(14-17-7-8-18(20)25-17)19(24)21-10-4-11-23-12-9-15-5-2-3-6-16(15)13-23/h2-3,5-8H,4,9-14H2,1H3,(H,21,24). The van der Waals surface area contributed by atoms with Gasteiger partial charge in [-0.15, -0.1) is 11.3 Å². The van der Waals surface area contributed by atoms with Crippen molar-refractivity contribution in [2.75, 3.05) is 26.7 Å². The van der Waals surface area contributed by atoms with Crippen LogP contribution in [0.25, 0.3) is 0 Å². The maximum absolute atomic E-state index is 12.1. The van der Waals surface area contributed by atoms with Crippen LogP contribution in [-0.2, 0) is 19.5 Å². The Kier molecular flexibility index (Phi) is 6.34. The molecule has 0 bridgehead atoms. The number of halogens is 1. The number of fused-ring (bicyclic) bond motifs is 1. The van der Waals surface area contributed by atoms with Crippen LogP contribution < -0.4 is 5.32 Å². The molecule has 0 saturated heterocycles. The molecule has 0 spiro atoms. The van der Waals surface area contributed by atoms with E-state index in [4.69, 9.17) is 11.6 Å². The average Bonchev–Trinajstić information content (AvgIpc) is 3.03. The Bertz CT molecular complexity index is 718. The van der Waals surface area contributed by atoms with Gasteiger partial charge in [-0.3, -0.25) is 4.90 Å². The lowest BCUT2D eigenvalue weighted by Crippen LogP contribution is -2.38. The van der Waals surface area contributed by atoms with Crippen LogP contribution >= 0.6 is 22.9 Å². The molecule has 0 radical (unpaired) electrons. The Morgan fingerprint density at radius 2 is 2.08 bits per heavy atom. The Hall–Kier alpha value is -1.56. The van der Waals surface area contributed by atoms with Crippen molar-refractivity contribution in [1.29, 1.82) is 0 Å². The maximum Gasteiger partial charge on any atom is 0.317 e. The minimum Gasteiger partial charge on any atom is -0.338 e. The van der Waals surface area contributed by atoms with Crippen molar-refractivity contribution in [2.24, 2.45) is 0 Å². The van der Waals surface area contributed by atoms with Gasteiger partial charge < -0.3 is 10.2 Å². The molecular weight excluding hydrogens is 354 g/mol. The summed E-state index contributed by atoms with van der Waals surface area (Å²) in [6.45, 7) is 4.42. The van der Waals surface area contributed by atoms with Crippen LogP contribution in [0.3, 0.4) is 0 Å². The van der Waals surface area contributed by atoms with Gasteiger partial charge in [-0.25, -0.2) is 4.79 Å². The van der Waals surface area contributed by atoms with E-state index in [0.29, 0.717) is 13.1 Å². The fraction of sp³-hybridized carbons (Fsp3) is 0.421. The Labute approximate surface area is 158 Å². The third-order valence-electron chi connectivity index (χ3n) is 4.51. The molecule has 1 aliphatic heterocycles. The zero-order valence-corrected chi connectivity index (χ0v) is 16.1. The van der Waals surface area contributed by atoms with Gasteiger partial charge in [-0.05, 0) is 36.1 Å². The van der Waals surface area contributed by atoms with Crippen molar-refractivity contribution in [3.05, 3.63) is 56.7 Å². The number of urea groups is 1. The van der Waals surface area contributed by atoms with Crippen molar-refractivity contribution in [3.63, 3.8) is 0 Å². The molecule has 3 rings (SSSR count). The van der Waals surface area contributed by atoms with Crippen molar-refractivity contribution in [2.45, 2.75) is 25.9 Å². The first-order valence-electron chi connectivity index (χ1n) is 8.64. The van der Waals surface area contributed by atoms with Crippen LogP contribution in [0, 0.1) is 0 Å². The van der Waals surface area contributed by atoms with Crippen LogP contribution in [0.2, 0.25) is 4.34 Å². The number of benzene rings is 1. The van der Waals surface area contributed by atoms with Crippen molar-refractivity contribution in [1.82, 2.24) is 15.1 Å². The van der Waals surface area contributed by atoms with E-state index in [9.17, 15) is 4.79 Å². The zero-order valence-electron chi connectivity index (χ0n) is 14.5. The van der Waals surface area contributed by atoms with Gasteiger partial charge >= 0.3 is 6.03 Å². The van der Waals surface area contributed by atoms with Crippen molar-refractivity contribution in [3.8, 4) is 0 Å². The molecule has 4 nitrogen and oxygen atoms in total. The van der Waals surface area contributed by atoms with Gasteiger partial charge in [0.1, 0.15) is 0 Å². The van der Waals surface area contributed by atoms with Gasteiger partial charge in [0.15, 0.2) is 0 Å². The molecule has 0 atom stereocenters. The molecule has 1 aromatic heterocycles. The monoisotopic (exact) mass is 377 g/mol. The molecule has 1 aliphatic rings. The smallest absolute Gasteiger partial charge is 0.317 e. The number of rotatable bonds is 6. The summed E-state index contributed by atoms with van der Waals surface area (Å²) in [6, 6.07) is 12.5. The molecule has 2 heterocycles. The molecule has 2 aromatic rings. The number of hydrogen-bond donors (Lipinski definition) is 1. The third kappa shape index (κ3) is 5.21. The summed E-state index contributed by atoms with van der Waals surface area (Å²) in [5, 5.41) is 3.00. The van der Waals surface area contributed by atoms with E-state index in [0.717, 1.165) is 41.7 Å². The summed E-state index contributed by atoms with van der Waals surface area (Å²) in [5.41, 5.74) is 2.91. The van der Waals surface area contributed by atoms with Crippen LogP contribution in [0.15, 0.2) is 36.4 Å². The number of thiophene rings is 1. The first kappa shape index (κ1) is 18.2. The minimum atomic E-state index is -0.0338. The molecule has 6 heteroatoms. The molecule has 25 heavy (non-hydrogen) atoms. The van der Waals surface area contributed by atoms with Crippen molar-refractivity contribution < 1.29 is 4.79 Å². The normalized spacial score (nSPS) is 14.2. The van der Waals surface area contributed by atoms with Crippen LogP contribution in [0.4, 0.5) is 4.79 Å². The summed E-state index contributed by atoms with van der Waals surface area (Å²) in [4.78, 5) is 17.4. The van der Waals surface area contributed by atoms with E-state index in [-0.39, 0.29) is 6.03 Å². The van der Waals surface area contributed by atoms with Crippen LogP contribution in [0.5, 0.6) is 0 Å². The second-order valence-electron chi connectivity index (χ2n) is 6.44. The quantitative estimate of drug-likeness (QED) is 0.772. The summed E-state index contributed by atoms with van der Waals surface area (Å²) < 4.78 is 0.756. The molecule has 0 unspecified atom stereocenters. The molecule has 2 amide bonds. The molecule has 134 valence electrons. The lowest BCUT2D eigenvalue weighted by atomic mass is 10.00. The number of nitrogens with one attached hydrogen (secondary N) is 1. The van der Waals surface area contributed by atoms with Gasteiger partial charge in [0.05, 0.1) is 10.9 Å². The number of amides is 2. The molecular formula is C19H24ClN3OS. The minimum absolute atomic E-state index is 0.0338. The summed E-state index contributed by atoms with van der Waals surface area (Å²) >= 11 is 7.44. The highest BCUT2D eigenvalue weighted by Gasteiger charge is 2.15. The lowest BCUT2D eigenvalue weighted by molar-refractivity contribution is 0.205. The molecule has 0 aliphatic carbocycles. The van der Waals surface area contributed by atoms with E-state index in [2.05, 4.69) is 34.5 Å². The molecule has 0 fully saturated rings. The summed E-state index contributed by atoms with van der Waals surface area (Å²) in [5.74, 6) is 0. The van der Waals surface area contributed by atoms with Gasteiger partial charge in [-0.1, -0.05) is 35.9 Å². The molecule has 1 aromatic carbocycles. The summed E-state index contributed by atoms with van der Waals surface area (Å²) in [6.07, 6.45) is 2.08. The highest BCUT2D eigenvalue weighted by Crippen LogP contribution is 2.22. The largest absolute Gasteiger partial charge is 0.338 e. The van der Waals surface area contributed by atoms with Crippen LogP contribution in [0.1, 0.15) is 22.4 Å². The Morgan fingerprint density at radius 1 is 1.28 bits per heavy atom. The summed E-state index contributed by atoms with van der Waals surface area (Å²) in [7, 11) is 1.81. The average molecular weight is 378 g/mol. The Morgan fingerprint density at radius 3 is 2.84 bits per heavy atom. The highest BCUT2D eigenvalue weighted by molar-refractivity contribution is 7.16. The highest BCUT2D eigenvalue weighted by atomic mass is 35.5. The fourth-order valence-corrected chi connectivity index (χ4v) is 4.26. The second-order valence-corrected chi connectivity index (χ2v) is 8.24. The van der Waals surface area contributed by atoms with E-state index >= 15 is 0 Å². The van der Waals surface area contributed by atoms with Crippen LogP contribution in [-0.4, -0.2) is 42.5 Å². The second kappa shape index (κ2) is 8.70. The number of carbonyl (C=O) groups is 1. The first-order chi connectivity index (χ1) is 12.1.